The number of thiol groups is 1. The summed E-state index contributed by atoms with van der Waals surface area (Å²) in [7, 11) is 0. The highest BCUT2D eigenvalue weighted by atomic mass is 32.1. The van der Waals surface area contributed by atoms with Crippen molar-refractivity contribution in [2.24, 2.45) is 0 Å². The van der Waals surface area contributed by atoms with E-state index in [9.17, 15) is 4.79 Å². The van der Waals surface area contributed by atoms with Crippen LogP contribution >= 0.6 is 24.8 Å². The third-order valence-electron chi connectivity index (χ3n) is 7.28. The van der Waals surface area contributed by atoms with Crippen LogP contribution in [-0.2, 0) is 4.79 Å². The molecule has 0 unspecified atom stereocenters. The summed E-state index contributed by atoms with van der Waals surface area (Å²) >= 11 is 9.18. The van der Waals surface area contributed by atoms with Crippen molar-refractivity contribution in [2.45, 2.75) is 186 Å². The molecule has 4 heteroatoms. The molecule has 0 aliphatic carbocycles. The number of carboxylic acid groups (broad SMARTS) is 1. The summed E-state index contributed by atoms with van der Waals surface area (Å²) in [5.74, 6) is -0.651. The zero-order chi connectivity index (χ0) is 25.7. The van der Waals surface area contributed by atoms with E-state index in [1.54, 1.807) is 0 Å². The quantitative estimate of drug-likeness (QED) is 0.0553. The maximum absolute atomic E-state index is 10.5. The molecule has 0 aromatic carbocycles. The highest BCUT2D eigenvalue weighted by Gasteiger charge is 1.98. The van der Waals surface area contributed by atoms with Gasteiger partial charge in [-0.15, -0.1) is 12.6 Å². The number of carboxylic acids is 1. The largest absolute Gasteiger partial charge is 0.481 e. The number of thiocarbonyl (C=S) groups is 1. The molecule has 0 aromatic heterocycles. The van der Waals surface area contributed by atoms with Crippen LogP contribution < -0.4 is 0 Å². The summed E-state index contributed by atoms with van der Waals surface area (Å²) in [6.07, 6.45) is 38.3. The molecular formula is C31H60O2S2. The molecule has 0 saturated heterocycles. The zero-order valence-corrected chi connectivity index (χ0v) is 24.9. The van der Waals surface area contributed by atoms with E-state index in [1.165, 1.54) is 161 Å². The Kier molecular flexibility index (Phi) is 30.1. The van der Waals surface area contributed by atoms with Gasteiger partial charge in [-0.1, -0.05) is 173 Å². The molecule has 0 aliphatic heterocycles. The fourth-order valence-electron chi connectivity index (χ4n) is 4.97. The van der Waals surface area contributed by atoms with Crippen molar-refractivity contribution in [3.05, 3.63) is 0 Å². The molecule has 0 aliphatic rings. The average Bonchev–Trinajstić information content (AvgIpc) is 2.82. The molecule has 0 saturated carbocycles. The molecule has 208 valence electrons. The van der Waals surface area contributed by atoms with Gasteiger partial charge < -0.3 is 5.11 Å². The lowest BCUT2D eigenvalue weighted by atomic mass is 10.0. The molecule has 0 aromatic rings. The van der Waals surface area contributed by atoms with Crippen LogP contribution in [0.25, 0.3) is 0 Å². The highest BCUT2D eigenvalue weighted by molar-refractivity contribution is 8.11. The lowest BCUT2D eigenvalue weighted by Gasteiger charge is -2.04. The van der Waals surface area contributed by atoms with Crippen LogP contribution in [0.1, 0.15) is 186 Å². The second kappa shape index (κ2) is 30.1. The molecule has 0 heterocycles. The summed E-state index contributed by atoms with van der Waals surface area (Å²) in [5, 5.41) is 8.62. The molecule has 0 fully saturated rings. The third kappa shape index (κ3) is 33.9. The molecule has 0 bridgehead atoms. The summed E-state index contributed by atoms with van der Waals surface area (Å²) in [6, 6.07) is 0. The van der Waals surface area contributed by atoms with E-state index in [0.29, 0.717) is 6.42 Å². The second-order valence-electron chi connectivity index (χ2n) is 10.8. The predicted molar refractivity (Wildman–Crippen MR) is 163 cm³/mol. The van der Waals surface area contributed by atoms with Gasteiger partial charge in [-0.25, -0.2) is 0 Å². The lowest BCUT2D eigenvalue weighted by molar-refractivity contribution is -0.137. The van der Waals surface area contributed by atoms with E-state index in [0.717, 1.165) is 23.5 Å². The van der Waals surface area contributed by atoms with Crippen LogP contribution in [0.2, 0.25) is 0 Å². The highest BCUT2D eigenvalue weighted by Crippen LogP contribution is 2.16. The standard InChI is InChI=1S/C31H60O2S2/c32-30(33)28-26-24-22-20-18-16-14-12-10-8-6-4-2-1-3-5-7-9-11-13-15-17-19-21-23-25-27-29-31(34)35/h1-29H2,(H,32,33)(H,34,35). The molecule has 0 atom stereocenters. The van der Waals surface area contributed by atoms with Crippen molar-refractivity contribution < 1.29 is 9.90 Å². The lowest BCUT2D eigenvalue weighted by Crippen LogP contribution is -1.93. The van der Waals surface area contributed by atoms with Gasteiger partial charge in [0.05, 0.1) is 0 Å². The van der Waals surface area contributed by atoms with Crippen molar-refractivity contribution in [2.75, 3.05) is 0 Å². The van der Waals surface area contributed by atoms with Crippen molar-refractivity contribution in [3.63, 3.8) is 0 Å². The fraction of sp³-hybridized carbons (Fsp3) is 0.935. The van der Waals surface area contributed by atoms with Gasteiger partial charge in [-0.2, -0.15) is 0 Å². The maximum Gasteiger partial charge on any atom is 0.303 e. The van der Waals surface area contributed by atoms with Gasteiger partial charge in [-0.05, 0) is 19.3 Å². The van der Waals surface area contributed by atoms with E-state index in [1.807, 2.05) is 0 Å². The van der Waals surface area contributed by atoms with Gasteiger partial charge in [0.25, 0.3) is 0 Å². The molecule has 1 N–H and O–H groups in total. The van der Waals surface area contributed by atoms with Gasteiger partial charge in [0.15, 0.2) is 0 Å². The van der Waals surface area contributed by atoms with Crippen molar-refractivity contribution in [3.8, 4) is 0 Å². The number of aliphatic carboxylic acids is 1. The Hall–Kier alpha value is -0.0900. The first-order valence-electron chi connectivity index (χ1n) is 15.6. The molecular weight excluding hydrogens is 468 g/mol. The van der Waals surface area contributed by atoms with Crippen molar-refractivity contribution in [1.29, 1.82) is 0 Å². The third-order valence-corrected chi connectivity index (χ3v) is 7.71. The number of hydrogen-bond acceptors (Lipinski definition) is 2. The second-order valence-corrected chi connectivity index (χ2v) is 12.2. The Morgan fingerprint density at radius 1 is 0.400 bits per heavy atom. The number of hydrogen-bond donors (Lipinski definition) is 2. The zero-order valence-electron chi connectivity index (χ0n) is 23.2. The van der Waals surface area contributed by atoms with Crippen LogP contribution in [0.15, 0.2) is 0 Å². The number of carbonyl (C=O) groups is 1. The smallest absolute Gasteiger partial charge is 0.303 e. The molecule has 0 rings (SSSR count). The van der Waals surface area contributed by atoms with Crippen LogP contribution in [0, 0.1) is 0 Å². The Labute approximate surface area is 230 Å². The van der Waals surface area contributed by atoms with E-state index < -0.39 is 5.97 Å². The van der Waals surface area contributed by atoms with E-state index in [4.69, 9.17) is 17.3 Å². The average molecular weight is 529 g/mol. The van der Waals surface area contributed by atoms with Gasteiger partial charge in [0.2, 0.25) is 0 Å². The normalized spacial score (nSPS) is 11.2. The first kappa shape index (κ1) is 34.9. The minimum absolute atomic E-state index is 0.343. The van der Waals surface area contributed by atoms with Gasteiger partial charge in [-0.3, -0.25) is 4.79 Å². The van der Waals surface area contributed by atoms with Crippen molar-refractivity contribution in [1.82, 2.24) is 0 Å². The molecule has 0 amide bonds. The van der Waals surface area contributed by atoms with E-state index in [-0.39, 0.29) is 0 Å². The topological polar surface area (TPSA) is 37.3 Å². The van der Waals surface area contributed by atoms with Crippen LogP contribution in [0.5, 0.6) is 0 Å². The maximum atomic E-state index is 10.5. The van der Waals surface area contributed by atoms with Gasteiger partial charge in [0, 0.05) is 10.6 Å². The Morgan fingerprint density at radius 2 is 0.571 bits per heavy atom. The Bertz CT molecular complexity index is 413. The van der Waals surface area contributed by atoms with Crippen LogP contribution in [0.3, 0.4) is 0 Å². The van der Waals surface area contributed by atoms with Crippen LogP contribution in [0.4, 0.5) is 0 Å². The molecule has 2 nitrogen and oxygen atoms in total. The number of unbranched alkanes of at least 4 members (excludes halogenated alkanes) is 26. The summed E-state index contributed by atoms with van der Waals surface area (Å²) < 4.78 is 0.870. The first-order valence-corrected chi connectivity index (χ1v) is 16.4. The molecule has 35 heavy (non-hydrogen) atoms. The molecule has 0 radical (unpaired) electrons. The summed E-state index contributed by atoms with van der Waals surface area (Å²) in [6.45, 7) is 0. The predicted octanol–water partition coefficient (Wildman–Crippen LogP) is 11.6. The van der Waals surface area contributed by atoms with Gasteiger partial charge >= 0.3 is 5.97 Å². The van der Waals surface area contributed by atoms with Gasteiger partial charge in [0.1, 0.15) is 0 Å². The summed E-state index contributed by atoms with van der Waals surface area (Å²) in [5.41, 5.74) is 0. The minimum atomic E-state index is -0.651. The van der Waals surface area contributed by atoms with Crippen molar-refractivity contribution >= 4 is 35.0 Å². The van der Waals surface area contributed by atoms with E-state index >= 15 is 0 Å². The fourth-order valence-corrected chi connectivity index (χ4v) is 5.27. The Morgan fingerprint density at radius 3 is 0.743 bits per heavy atom. The molecule has 0 spiro atoms. The summed E-state index contributed by atoms with van der Waals surface area (Å²) in [4.78, 5) is 10.5. The van der Waals surface area contributed by atoms with E-state index in [2.05, 4.69) is 12.6 Å². The number of rotatable bonds is 30. The first-order chi connectivity index (χ1) is 17.1. The minimum Gasteiger partial charge on any atom is -0.481 e. The Balaban J connectivity index is 3.03. The monoisotopic (exact) mass is 528 g/mol. The SMILES string of the molecule is O=C(O)CCCCCCCCCCCCCCCCCCCCCCCCCCCCCC(=S)S. The van der Waals surface area contributed by atoms with Crippen LogP contribution in [-0.4, -0.2) is 15.3 Å².